The lowest BCUT2D eigenvalue weighted by Gasteiger charge is -2.12. The summed E-state index contributed by atoms with van der Waals surface area (Å²) >= 11 is 0. The molecule has 4 rings (SSSR count). The van der Waals surface area contributed by atoms with E-state index in [0.29, 0.717) is 11.2 Å². The minimum absolute atomic E-state index is 0.450. The van der Waals surface area contributed by atoms with Crippen LogP contribution in [0.15, 0.2) is 91.0 Å². The molecule has 0 aliphatic rings. The summed E-state index contributed by atoms with van der Waals surface area (Å²) in [5, 5.41) is 24.6. The maximum Gasteiger partial charge on any atom is 0.490 e. The van der Waals surface area contributed by atoms with Gasteiger partial charge in [-0.05, 0) is 46.2 Å². The minimum atomic E-state index is -1.50. The Bertz CT molecular complexity index is 1050. The van der Waals surface area contributed by atoms with Crippen molar-refractivity contribution >= 4 is 34.7 Å². The van der Waals surface area contributed by atoms with Gasteiger partial charge in [0.25, 0.3) is 0 Å². The molecule has 0 radical (unpaired) electrons. The summed E-state index contributed by atoms with van der Waals surface area (Å²) in [5.41, 5.74) is 4.33. The summed E-state index contributed by atoms with van der Waals surface area (Å²) in [6, 6.07) is 30.0. The highest BCUT2D eigenvalue weighted by Gasteiger charge is 2.15. The summed E-state index contributed by atoms with van der Waals surface area (Å²) in [7, 11) is -1.50. The van der Waals surface area contributed by atoms with E-state index in [1.54, 1.807) is 12.1 Å². The summed E-state index contributed by atoms with van der Waals surface area (Å²) in [5.74, 6) is 0. The Labute approximate surface area is 152 Å². The fourth-order valence-corrected chi connectivity index (χ4v) is 3.11. The first kappa shape index (κ1) is 16.4. The van der Waals surface area contributed by atoms with E-state index < -0.39 is 7.12 Å². The quantitative estimate of drug-likeness (QED) is 0.494. The van der Waals surface area contributed by atoms with Gasteiger partial charge in [0, 0.05) is 16.8 Å². The first-order chi connectivity index (χ1) is 12.7. The van der Waals surface area contributed by atoms with Crippen molar-refractivity contribution in [2.45, 2.75) is 0 Å². The van der Waals surface area contributed by atoms with Gasteiger partial charge >= 0.3 is 7.12 Å². The summed E-state index contributed by atoms with van der Waals surface area (Å²) in [6.45, 7) is 0. The molecule has 126 valence electrons. The average molecular weight is 339 g/mol. The SMILES string of the molecule is OB(O)c1ccccc1Nc1ccc(-c2ccc3ccccc3c2)cc1. The smallest absolute Gasteiger partial charge is 0.423 e. The van der Waals surface area contributed by atoms with Crippen LogP contribution in [0.25, 0.3) is 21.9 Å². The van der Waals surface area contributed by atoms with Gasteiger partial charge in [-0.3, -0.25) is 0 Å². The summed E-state index contributed by atoms with van der Waals surface area (Å²) < 4.78 is 0. The molecule has 0 aliphatic carbocycles. The molecule has 0 fully saturated rings. The molecule has 0 aliphatic heterocycles. The van der Waals surface area contributed by atoms with Gasteiger partial charge < -0.3 is 15.4 Å². The first-order valence-electron chi connectivity index (χ1n) is 8.52. The standard InChI is InChI=1S/C22H18BNO2/c25-23(26)21-7-3-4-8-22(21)24-20-13-11-17(12-14-20)19-10-9-16-5-1-2-6-18(16)15-19/h1-15,24-26H. The topological polar surface area (TPSA) is 52.5 Å². The molecule has 0 unspecified atom stereocenters. The molecule has 0 atom stereocenters. The van der Waals surface area contributed by atoms with E-state index >= 15 is 0 Å². The van der Waals surface area contributed by atoms with Crippen LogP contribution in [0, 0.1) is 0 Å². The number of para-hydroxylation sites is 1. The fourth-order valence-electron chi connectivity index (χ4n) is 3.11. The highest BCUT2D eigenvalue weighted by Crippen LogP contribution is 2.26. The zero-order valence-electron chi connectivity index (χ0n) is 14.1. The maximum absolute atomic E-state index is 9.48. The van der Waals surface area contributed by atoms with Gasteiger partial charge in [0.1, 0.15) is 0 Å². The second-order valence-electron chi connectivity index (χ2n) is 6.23. The van der Waals surface area contributed by atoms with Crippen LogP contribution < -0.4 is 10.8 Å². The Hall–Kier alpha value is -3.08. The van der Waals surface area contributed by atoms with Crippen LogP contribution in [0.5, 0.6) is 0 Å². The molecular weight excluding hydrogens is 321 g/mol. The van der Waals surface area contributed by atoms with E-state index in [0.717, 1.165) is 11.3 Å². The van der Waals surface area contributed by atoms with Gasteiger partial charge in [0.05, 0.1) is 0 Å². The third-order valence-corrected chi connectivity index (χ3v) is 4.49. The Kier molecular flexibility index (Phi) is 4.44. The molecule has 4 aromatic rings. The molecule has 4 heteroatoms. The fraction of sp³-hybridized carbons (Fsp3) is 0. The monoisotopic (exact) mass is 339 g/mol. The number of rotatable bonds is 4. The second-order valence-corrected chi connectivity index (χ2v) is 6.23. The molecular formula is C22H18BNO2. The lowest BCUT2D eigenvalue weighted by Crippen LogP contribution is -2.31. The maximum atomic E-state index is 9.48. The van der Waals surface area contributed by atoms with Crippen LogP contribution in [0.2, 0.25) is 0 Å². The molecule has 0 spiro atoms. The van der Waals surface area contributed by atoms with Crippen molar-refractivity contribution in [1.29, 1.82) is 0 Å². The van der Waals surface area contributed by atoms with Gasteiger partial charge in [-0.25, -0.2) is 0 Å². The Morgan fingerprint density at radius 3 is 2.04 bits per heavy atom. The van der Waals surface area contributed by atoms with Crippen molar-refractivity contribution in [3.63, 3.8) is 0 Å². The number of fused-ring (bicyclic) bond motifs is 1. The third-order valence-electron chi connectivity index (χ3n) is 4.49. The van der Waals surface area contributed by atoms with Gasteiger partial charge in [-0.15, -0.1) is 0 Å². The highest BCUT2D eigenvalue weighted by molar-refractivity contribution is 6.60. The van der Waals surface area contributed by atoms with E-state index in [4.69, 9.17) is 0 Å². The van der Waals surface area contributed by atoms with Gasteiger partial charge in [-0.1, -0.05) is 66.7 Å². The Balaban J connectivity index is 1.60. The predicted molar refractivity (Wildman–Crippen MR) is 109 cm³/mol. The largest absolute Gasteiger partial charge is 0.490 e. The van der Waals surface area contributed by atoms with Crippen LogP contribution in [-0.4, -0.2) is 17.2 Å². The van der Waals surface area contributed by atoms with E-state index in [9.17, 15) is 10.0 Å². The zero-order chi connectivity index (χ0) is 17.9. The lowest BCUT2D eigenvalue weighted by molar-refractivity contribution is 0.426. The van der Waals surface area contributed by atoms with Crippen LogP contribution >= 0.6 is 0 Å². The molecule has 0 amide bonds. The molecule has 26 heavy (non-hydrogen) atoms. The van der Waals surface area contributed by atoms with Crippen LogP contribution in [-0.2, 0) is 0 Å². The van der Waals surface area contributed by atoms with Gasteiger partial charge in [-0.2, -0.15) is 0 Å². The van der Waals surface area contributed by atoms with Crippen molar-refractivity contribution in [2.24, 2.45) is 0 Å². The second kappa shape index (κ2) is 7.04. The number of anilines is 2. The van der Waals surface area contributed by atoms with E-state index in [-0.39, 0.29) is 0 Å². The number of nitrogens with one attached hydrogen (secondary N) is 1. The van der Waals surface area contributed by atoms with Crippen molar-refractivity contribution < 1.29 is 10.0 Å². The molecule has 0 bridgehead atoms. The summed E-state index contributed by atoms with van der Waals surface area (Å²) in [6.07, 6.45) is 0. The Morgan fingerprint density at radius 1 is 0.615 bits per heavy atom. The van der Waals surface area contributed by atoms with E-state index in [2.05, 4.69) is 47.8 Å². The first-order valence-corrected chi connectivity index (χ1v) is 8.52. The number of benzene rings is 4. The highest BCUT2D eigenvalue weighted by atomic mass is 16.4. The molecule has 4 aromatic carbocycles. The van der Waals surface area contributed by atoms with E-state index in [1.807, 2.05) is 36.4 Å². The van der Waals surface area contributed by atoms with Crippen LogP contribution in [0.3, 0.4) is 0 Å². The third kappa shape index (κ3) is 3.33. The lowest BCUT2D eigenvalue weighted by atomic mass is 9.79. The van der Waals surface area contributed by atoms with Crippen molar-refractivity contribution in [3.8, 4) is 11.1 Å². The minimum Gasteiger partial charge on any atom is -0.423 e. The Morgan fingerprint density at radius 2 is 1.27 bits per heavy atom. The summed E-state index contributed by atoms with van der Waals surface area (Å²) in [4.78, 5) is 0. The van der Waals surface area contributed by atoms with Gasteiger partial charge in [0.15, 0.2) is 0 Å². The van der Waals surface area contributed by atoms with Crippen molar-refractivity contribution in [2.75, 3.05) is 5.32 Å². The van der Waals surface area contributed by atoms with Crippen molar-refractivity contribution in [1.82, 2.24) is 0 Å². The molecule has 3 nitrogen and oxygen atoms in total. The van der Waals surface area contributed by atoms with E-state index in [1.165, 1.54) is 16.3 Å². The predicted octanol–water partition coefficient (Wildman–Crippen LogP) is 3.93. The zero-order valence-corrected chi connectivity index (χ0v) is 14.1. The molecule has 0 saturated carbocycles. The number of hydrogen-bond donors (Lipinski definition) is 3. The molecule has 3 N–H and O–H groups in total. The van der Waals surface area contributed by atoms with Gasteiger partial charge in [0.2, 0.25) is 0 Å². The molecule has 0 saturated heterocycles. The normalized spacial score (nSPS) is 10.7. The molecule has 0 aromatic heterocycles. The van der Waals surface area contributed by atoms with Crippen LogP contribution in [0.1, 0.15) is 0 Å². The molecule has 0 heterocycles. The number of hydrogen-bond acceptors (Lipinski definition) is 3. The van der Waals surface area contributed by atoms with Crippen molar-refractivity contribution in [3.05, 3.63) is 91.0 Å². The van der Waals surface area contributed by atoms with Crippen LogP contribution in [0.4, 0.5) is 11.4 Å². The average Bonchev–Trinajstić information content (AvgIpc) is 2.68.